The second-order valence-electron chi connectivity index (χ2n) is 7.65. The van der Waals surface area contributed by atoms with Gasteiger partial charge >= 0.3 is 0 Å². The lowest BCUT2D eigenvalue weighted by atomic mass is 10.1. The molecule has 30 heavy (non-hydrogen) atoms. The van der Waals surface area contributed by atoms with E-state index in [0.29, 0.717) is 11.4 Å². The Kier molecular flexibility index (Phi) is 6.65. The van der Waals surface area contributed by atoms with Gasteiger partial charge in [0.05, 0.1) is 4.90 Å². The highest BCUT2D eigenvalue weighted by molar-refractivity contribution is 7.89. The minimum atomic E-state index is -3.58. The van der Waals surface area contributed by atoms with Crippen LogP contribution in [0.15, 0.2) is 76.3 Å². The largest absolute Gasteiger partial charge is 0.304 e. The van der Waals surface area contributed by atoms with Gasteiger partial charge in [-0.3, -0.25) is 4.90 Å². The van der Waals surface area contributed by atoms with Crippen LogP contribution in [0, 0.1) is 0 Å². The smallest absolute Gasteiger partial charge is 0.240 e. The van der Waals surface area contributed by atoms with E-state index in [2.05, 4.69) is 38.4 Å². The Balaban J connectivity index is 1.47. The van der Waals surface area contributed by atoms with Gasteiger partial charge in [0.15, 0.2) is 0 Å². The number of hydrogen-bond acceptors (Lipinski definition) is 5. The molecule has 0 aliphatic carbocycles. The number of rotatable bonds is 7. The van der Waals surface area contributed by atoms with Gasteiger partial charge in [-0.05, 0) is 52.7 Å². The molecule has 1 fully saturated rings. The second-order valence-corrected chi connectivity index (χ2v) is 10.2. The monoisotopic (exact) mass is 441 g/mol. The highest BCUT2D eigenvalue weighted by Crippen LogP contribution is 2.25. The van der Waals surface area contributed by atoms with Gasteiger partial charge < -0.3 is 4.90 Å². The zero-order chi connectivity index (χ0) is 21.0. The molecule has 0 amide bonds. The molecule has 7 heteroatoms. The van der Waals surface area contributed by atoms with Crippen molar-refractivity contribution >= 4 is 21.4 Å². The molecular formula is C23H27N3O2S2. The van der Waals surface area contributed by atoms with Crippen molar-refractivity contribution in [3.63, 3.8) is 0 Å². The minimum absolute atomic E-state index is 0.0447. The molecule has 5 nitrogen and oxygen atoms in total. The molecule has 158 valence electrons. The fourth-order valence-electron chi connectivity index (χ4n) is 3.79. The van der Waals surface area contributed by atoms with E-state index < -0.39 is 10.0 Å². The maximum absolute atomic E-state index is 13.0. The van der Waals surface area contributed by atoms with Crippen LogP contribution in [0.4, 0.5) is 0 Å². The van der Waals surface area contributed by atoms with E-state index >= 15 is 0 Å². The molecule has 2 aromatic carbocycles. The summed E-state index contributed by atoms with van der Waals surface area (Å²) in [6, 6.07) is 19.2. The average Bonchev–Trinajstić information content (AvgIpc) is 3.30. The predicted molar refractivity (Wildman–Crippen MR) is 123 cm³/mol. The first-order valence-electron chi connectivity index (χ1n) is 10.1. The van der Waals surface area contributed by atoms with E-state index in [4.69, 9.17) is 0 Å². The molecule has 0 radical (unpaired) electrons. The molecule has 0 spiro atoms. The first-order valence-corrected chi connectivity index (χ1v) is 12.6. The summed E-state index contributed by atoms with van der Waals surface area (Å²) in [5.41, 5.74) is 3.25. The van der Waals surface area contributed by atoms with Crippen molar-refractivity contribution in [3.05, 3.63) is 77.0 Å². The van der Waals surface area contributed by atoms with Gasteiger partial charge in [0.25, 0.3) is 0 Å². The Bertz CT molecular complexity index is 1030. The fourth-order valence-corrected chi connectivity index (χ4v) is 5.53. The molecule has 1 unspecified atom stereocenters. The predicted octanol–water partition coefficient (Wildman–Crippen LogP) is 3.68. The zero-order valence-electron chi connectivity index (χ0n) is 17.1. The topological polar surface area (TPSA) is 52.6 Å². The Morgan fingerprint density at radius 1 is 0.933 bits per heavy atom. The summed E-state index contributed by atoms with van der Waals surface area (Å²) in [6.07, 6.45) is 0. The van der Waals surface area contributed by atoms with Crippen LogP contribution in [0.1, 0.15) is 11.6 Å². The Morgan fingerprint density at radius 3 is 2.23 bits per heavy atom. The SMILES string of the molecule is CN1CCN(C(CNS(=O)(=O)c2ccc(-c3ccccc3)cc2)c2ccsc2)CC1. The van der Waals surface area contributed by atoms with Crippen molar-refractivity contribution in [2.75, 3.05) is 39.8 Å². The van der Waals surface area contributed by atoms with Crippen molar-refractivity contribution in [3.8, 4) is 11.1 Å². The van der Waals surface area contributed by atoms with Gasteiger partial charge in [-0.15, -0.1) is 0 Å². The standard InChI is InChI=1S/C23H27N3O2S2/c1-25-12-14-26(15-13-25)23(21-11-16-29-18-21)17-24-30(27,28)22-9-7-20(8-10-22)19-5-3-2-4-6-19/h2-11,16,18,23-24H,12-15,17H2,1H3. The Hall–Kier alpha value is -2.03. The fraction of sp³-hybridized carbons (Fsp3) is 0.304. The number of nitrogens with zero attached hydrogens (tertiary/aromatic N) is 2. The van der Waals surface area contributed by atoms with Crippen molar-refractivity contribution in [1.29, 1.82) is 0 Å². The summed E-state index contributed by atoms with van der Waals surface area (Å²) >= 11 is 1.65. The molecule has 1 aliphatic heterocycles. The molecule has 1 aromatic heterocycles. The summed E-state index contributed by atoms with van der Waals surface area (Å²) in [7, 11) is -1.45. The van der Waals surface area contributed by atoms with E-state index in [0.717, 1.165) is 37.3 Å². The number of thiophene rings is 1. The number of likely N-dealkylation sites (N-methyl/N-ethyl adjacent to an activating group) is 1. The number of benzene rings is 2. The molecule has 2 heterocycles. The van der Waals surface area contributed by atoms with Crippen LogP contribution in [-0.4, -0.2) is 58.0 Å². The molecule has 1 saturated heterocycles. The maximum Gasteiger partial charge on any atom is 0.240 e. The van der Waals surface area contributed by atoms with E-state index in [-0.39, 0.29) is 6.04 Å². The lowest BCUT2D eigenvalue weighted by molar-refractivity contribution is 0.113. The summed E-state index contributed by atoms with van der Waals surface area (Å²) < 4.78 is 28.8. The van der Waals surface area contributed by atoms with Gasteiger partial charge in [0.2, 0.25) is 10.0 Å². The number of piperazine rings is 1. The van der Waals surface area contributed by atoms with Crippen LogP contribution in [0.5, 0.6) is 0 Å². The summed E-state index contributed by atoms with van der Waals surface area (Å²) in [5.74, 6) is 0. The van der Waals surface area contributed by atoms with Crippen LogP contribution in [0.25, 0.3) is 11.1 Å². The van der Waals surface area contributed by atoms with E-state index in [1.807, 2.05) is 42.5 Å². The quantitative estimate of drug-likeness (QED) is 0.608. The highest BCUT2D eigenvalue weighted by atomic mass is 32.2. The van der Waals surface area contributed by atoms with Crippen LogP contribution in [0.3, 0.4) is 0 Å². The molecule has 4 rings (SSSR count). The first kappa shape index (κ1) is 21.2. The normalized spacial score (nSPS) is 17.1. The highest BCUT2D eigenvalue weighted by Gasteiger charge is 2.26. The average molecular weight is 442 g/mol. The number of hydrogen-bond donors (Lipinski definition) is 1. The van der Waals surface area contributed by atoms with E-state index in [1.54, 1.807) is 23.5 Å². The Labute approximate surface area is 183 Å². The van der Waals surface area contributed by atoms with Gasteiger partial charge in [-0.1, -0.05) is 42.5 Å². The number of sulfonamides is 1. The van der Waals surface area contributed by atoms with Crippen molar-refractivity contribution < 1.29 is 8.42 Å². The van der Waals surface area contributed by atoms with Crippen LogP contribution in [-0.2, 0) is 10.0 Å². The van der Waals surface area contributed by atoms with Crippen molar-refractivity contribution in [2.24, 2.45) is 0 Å². The minimum Gasteiger partial charge on any atom is -0.304 e. The van der Waals surface area contributed by atoms with Crippen molar-refractivity contribution in [2.45, 2.75) is 10.9 Å². The van der Waals surface area contributed by atoms with Crippen LogP contribution in [0.2, 0.25) is 0 Å². The third kappa shape index (κ3) is 4.99. The lowest BCUT2D eigenvalue weighted by Crippen LogP contribution is -2.48. The zero-order valence-corrected chi connectivity index (χ0v) is 18.7. The molecule has 1 atom stereocenters. The summed E-state index contributed by atoms with van der Waals surface area (Å²) in [4.78, 5) is 4.98. The first-order chi connectivity index (χ1) is 14.5. The molecule has 1 N–H and O–H groups in total. The van der Waals surface area contributed by atoms with Gasteiger partial charge in [-0.2, -0.15) is 11.3 Å². The second kappa shape index (κ2) is 9.41. The van der Waals surface area contributed by atoms with Gasteiger partial charge in [0.1, 0.15) is 0 Å². The Morgan fingerprint density at radius 2 is 1.60 bits per heavy atom. The third-order valence-corrected chi connectivity index (χ3v) is 7.79. The summed E-state index contributed by atoms with van der Waals surface area (Å²) in [6.45, 7) is 4.22. The summed E-state index contributed by atoms with van der Waals surface area (Å²) in [5, 5.41) is 4.17. The molecule has 0 bridgehead atoms. The van der Waals surface area contributed by atoms with Crippen molar-refractivity contribution in [1.82, 2.24) is 14.5 Å². The van der Waals surface area contributed by atoms with Gasteiger partial charge in [0, 0.05) is 38.8 Å². The maximum atomic E-state index is 13.0. The van der Waals surface area contributed by atoms with E-state index in [1.165, 1.54) is 5.56 Å². The third-order valence-electron chi connectivity index (χ3n) is 5.65. The van der Waals surface area contributed by atoms with Gasteiger partial charge in [-0.25, -0.2) is 13.1 Å². The molecule has 1 aliphatic rings. The number of nitrogens with one attached hydrogen (secondary N) is 1. The molecule has 3 aromatic rings. The van der Waals surface area contributed by atoms with E-state index in [9.17, 15) is 8.42 Å². The molecular weight excluding hydrogens is 414 g/mol. The van der Waals surface area contributed by atoms with Crippen LogP contribution < -0.4 is 4.72 Å². The lowest BCUT2D eigenvalue weighted by Gasteiger charge is -2.37. The molecule has 0 saturated carbocycles. The van der Waals surface area contributed by atoms with Crippen LogP contribution >= 0.6 is 11.3 Å².